The van der Waals surface area contributed by atoms with Crippen molar-refractivity contribution < 1.29 is 22.7 Å². The van der Waals surface area contributed by atoms with E-state index in [-0.39, 0.29) is 23.9 Å². The minimum Gasteiger partial charge on any atom is -0.465 e. The zero-order valence-electron chi connectivity index (χ0n) is 9.47. The molecule has 0 spiro atoms. The van der Waals surface area contributed by atoms with Crippen molar-refractivity contribution in [2.75, 3.05) is 18.5 Å². The van der Waals surface area contributed by atoms with Crippen LogP contribution < -0.4 is 5.32 Å². The Kier molecular flexibility index (Phi) is 4.84. The van der Waals surface area contributed by atoms with Crippen molar-refractivity contribution in [3.63, 3.8) is 0 Å². The van der Waals surface area contributed by atoms with Gasteiger partial charge in [0.2, 0.25) is 0 Å². The van der Waals surface area contributed by atoms with Crippen LogP contribution in [0.25, 0.3) is 0 Å². The van der Waals surface area contributed by atoms with Crippen LogP contribution >= 0.6 is 11.6 Å². The molecule has 0 aliphatic carbocycles. The van der Waals surface area contributed by atoms with Crippen LogP contribution in [0.15, 0.2) is 18.2 Å². The summed E-state index contributed by atoms with van der Waals surface area (Å²) in [6.07, 6.45) is -4.48. The highest BCUT2D eigenvalue weighted by atomic mass is 35.5. The van der Waals surface area contributed by atoms with E-state index in [0.717, 1.165) is 12.1 Å². The largest absolute Gasteiger partial charge is 0.465 e. The maximum absolute atomic E-state index is 12.5. The number of carbonyl (C=O) groups excluding carboxylic acids is 1. The quantitative estimate of drug-likeness (QED) is 0.860. The van der Waals surface area contributed by atoms with Crippen LogP contribution in [-0.2, 0) is 15.7 Å². The molecule has 0 saturated heterocycles. The SMILES string of the molecule is CCOC(=O)CNc1cc(Cl)cc(C(F)(F)F)c1. The van der Waals surface area contributed by atoms with Gasteiger partial charge in [-0.2, -0.15) is 13.2 Å². The first kappa shape index (κ1) is 14.6. The molecule has 0 aromatic heterocycles. The standard InChI is InChI=1S/C11H11ClF3NO2/c1-2-18-10(17)6-16-9-4-7(11(13,14)15)3-8(12)5-9/h3-5,16H,2,6H2,1H3. The van der Waals surface area contributed by atoms with Crippen LogP contribution in [0.2, 0.25) is 5.02 Å². The van der Waals surface area contributed by atoms with E-state index in [1.807, 2.05) is 0 Å². The molecular weight excluding hydrogens is 271 g/mol. The maximum Gasteiger partial charge on any atom is 0.416 e. The van der Waals surface area contributed by atoms with Crippen LogP contribution in [0.5, 0.6) is 0 Å². The van der Waals surface area contributed by atoms with Gasteiger partial charge in [-0.25, -0.2) is 0 Å². The lowest BCUT2D eigenvalue weighted by Crippen LogP contribution is -2.17. The third-order valence-corrected chi connectivity index (χ3v) is 2.19. The Bertz CT molecular complexity index is 435. The molecule has 1 N–H and O–H groups in total. The van der Waals surface area contributed by atoms with E-state index in [4.69, 9.17) is 11.6 Å². The third-order valence-electron chi connectivity index (χ3n) is 1.97. The summed E-state index contributed by atoms with van der Waals surface area (Å²) in [5.74, 6) is -0.550. The molecule has 1 rings (SSSR count). The summed E-state index contributed by atoms with van der Waals surface area (Å²) < 4.78 is 42.1. The highest BCUT2D eigenvalue weighted by Crippen LogP contribution is 2.33. The summed E-state index contributed by atoms with van der Waals surface area (Å²) in [5.41, 5.74) is -0.760. The Morgan fingerprint density at radius 3 is 2.61 bits per heavy atom. The fourth-order valence-electron chi connectivity index (χ4n) is 1.24. The molecule has 0 aliphatic rings. The molecule has 0 aliphatic heterocycles. The molecule has 0 heterocycles. The molecule has 18 heavy (non-hydrogen) atoms. The van der Waals surface area contributed by atoms with Gasteiger partial charge in [0.25, 0.3) is 0 Å². The van der Waals surface area contributed by atoms with E-state index in [1.165, 1.54) is 6.07 Å². The predicted molar refractivity (Wildman–Crippen MR) is 61.6 cm³/mol. The first-order valence-electron chi connectivity index (χ1n) is 5.10. The summed E-state index contributed by atoms with van der Waals surface area (Å²) in [4.78, 5) is 11.0. The number of ether oxygens (including phenoxy) is 1. The second-order valence-electron chi connectivity index (χ2n) is 3.38. The van der Waals surface area contributed by atoms with Gasteiger partial charge >= 0.3 is 12.1 Å². The van der Waals surface area contributed by atoms with Crippen LogP contribution in [0.3, 0.4) is 0 Å². The number of esters is 1. The summed E-state index contributed by atoms with van der Waals surface area (Å²) in [6, 6.07) is 3.00. The maximum atomic E-state index is 12.5. The molecule has 0 bridgehead atoms. The second-order valence-corrected chi connectivity index (χ2v) is 3.82. The second kappa shape index (κ2) is 5.95. The van der Waals surface area contributed by atoms with Gasteiger partial charge in [0.05, 0.1) is 12.2 Å². The van der Waals surface area contributed by atoms with Gasteiger partial charge in [0.1, 0.15) is 6.54 Å². The predicted octanol–water partition coefficient (Wildman–Crippen LogP) is 3.33. The van der Waals surface area contributed by atoms with Gasteiger partial charge in [-0.3, -0.25) is 4.79 Å². The monoisotopic (exact) mass is 281 g/mol. The molecule has 3 nitrogen and oxygen atoms in total. The van der Waals surface area contributed by atoms with E-state index < -0.39 is 17.7 Å². The number of carbonyl (C=O) groups is 1. The number of hydrogen-bond donors (Lipinski definition) is 1. The molecule has 0 amide bonds. The van der Waals surface area contributed by atoms with Crippen molar-refractivity contribution in [2.24, 2.45) is 0 Å². The normalized spacial score (nSPS) is 11.2. The molecule has 0 fully saturated rings. The first-order chi connectivity index (χ1) is 8.32. The van der Waals surface area contributed by atoms with E-state index in [9.17, 15) is 18.0 Å². The lowest BCUT2D eigenvalue weighted by atomic mass is 10.2. The van der Waals surface area contributed by atoms with E-state index in [0.29, 0.717) is 0 Å². The highest BCUT2D eigenvalue weighted by Gasteiger charge is 2.31. The van der Waals surface area contributed by atoms with Crippen LogP contribution in [0.1, 0.15) is 12.5 Å². The van der Waals surface area contributed by atoms with Gasteiger partial charge in [-0.15, -0.1) is 0 Å². The smallest absolute Gasteiger partial charge is 0.416 e. The van der Waals surface area contributed by atoms with Crippen molar-refractivity contribution in [1.29, 1.82) is 0 Å². The van der Waals surface area contributed by atoms with Gasteiger partial charge in [0, 0.05) is 10.7 Å². The summed E-state index contributed by atoms with van der Waals surface area (Å²) in [5, 5.41) is 2.46. The zero-order chi connectivity index (χ0) is 13.8. The van der Waals surface area contributed by atoms with Crippen molar-refractivity contribution in [1.82, 2.24) is 0 Å². The number of hydrogen-bond acceptors (Lipinski definition) is 3. The highest BCUT2D eigenvalue weighted by molar-refractivity contribution is 6.30. The molecule has 0 radical (unpaired) electrons. The van der Waals surface area contributed by atoms with Crippen molar-refractivity contribution in [3.05, 3.63) is 28.8 Å². The number of rotatable bonds is 4. The first-order valence-corrected chi connectivity index (χ1v) is 5.48. The molecule has 0 atom stereocenters. The van der Waals surface area contributed by atoms with Crippen LogP contribution in [0.4, 0.5) is 18.9 Å². The van der Waals surface area contributed by atoms with Crippen LogP contribution in [-0.4, -0.2) is 19.1 Å². The lowest BCUT2D eigenvalue weighted by Gasteiger charge is -2.11. The number of benzene rings is 1. The van der Waals surface area contributed by atoms with Gasteiger partial charge < -0.3 is 10.1 Å². The molecule has 100 valence electrons. The minimum absolute atomic E-state index is 0.0591. The third kappa shape index (κ3) is 4.44. The Morgan fingerprint density at radius 1 is 1.39 bits per heavy atom. The lowest BCUT2D eigenvalue weighted by molar-refractivity contribution is -0.141. The zero-order valence-corrected chi connectivity index (χ0v) is 10.2. The van der Waals surface area contributed by atoms with Crippen molar-refractivity contribution >= 4 is 23.3 Å². The van der Waals surface area contributed by atoms with Gasteiger partial charge in [-0.1, -0.05) is 11.6 Å². The topological polar surface area (TPSA) is 38.3 Å². The van der Waals surface area contributed by atoms with Crippen molar-refractivity contribution in [2.45, 2.75) is 13.1 Å². The molecule has 0 saturated carbocycles. The van der Waals surface area contributed by atoms with E-state index >= 15 is 0 Å². The molecule has 1 aromatic carbocycles. The summed E-state index contributed by atoms with van der Waals surface area (Å²) in [7, 11) is 0. The number of anilines is 1. The Morgan fingerprint density at radius 2 is 2.06 bits per heavy atom. The summed E-state index contributed by atoms with van der Waals surface area (Å²) >= 11 is 5.58. The minimum atomic E-state index is -4.48. The number of nitrogens with one attached hydrogen (secondary N) is 1. The summed E-state index contributed by atoms with van der Waals surface area (Å²) in [6.45, 7) is 1.63. The molecular formula is C11H11ClF3NO2. The molecule has 7 heteroatoms. The van der Waals surface area contributed by atoms with Gasteiger partial charge in [-0.05, 0) is 25.1 Å². The fourth-order valence-corrected chi connectivity index (χ4v) is 1.48. The Balaban J connectivity index is 2.78. The fraction of sp³-hybridized carbons (Fsp3) is 0.364. The van der Waals surface area contributed by atoms with Crippen LogP contribution in [0, 0.1) is 0 Å². The van der Waals surface area contributed by atoms with E-state index in [2.05, 4.69) is 10.1 Å². The van der Waals surface area contributed by atoms with Crippen molar-refractivity contribution in [3.8, 4) is 0 Å². The Hall–Kier alpha value is -1.43. The Labute approximate surface area is 107 Å². The van der Waals surface area contributed by atoms with E-state index in [1.54, 1.807) is 6.92 Å². The molecule has 1 aromatic rings. The number of alkyl halides is 3. The van der Waals surface area contributed by atoms with Gasteiger partial charge in [0.15, 0.2) is 0 Å². The number of halogens is 4. The molecule has 0 unspecified atom stereocenters. The average Bonchev–Trinajstić information content (AvgIpc) is 2.25. The average molecular weight is 282 g/mol.